The van der Waals surface area contributed by atoms with Gasteiger partial charge in [0.1, 0.15) is 0 Å². The average Bonchev–Trinajstić information content (AvgIpc) is 2.37. The average molecular weight is 243 g/mol. The fourth-order valence-electron chi connectivity index (χ4n) is 1.97. The molecule has 0 aliphatic rings. The highest BCUT2D eigenvalue weighted by atomic mass is 16.2. The minimum atomic E-state index is -0.596. The Kier molecular flexibility index (Phi) is 3.60. The van der Waals surface area contributed by atoms with E-state index >= 15 is 0 Å². The molecule has 0 aromatic heterocycles. The highest BCUT2D eigenvalue weighted by Crippen LogP contribution is 2.16. The summed E-state index contributed by atoms with van der Waals surface area (Å²) in [6.07, 6.45) is 0.491. The number of carbonyl (C=O) groups excluding carboxylic acids is 1. The predicted molar refractivity (Wildman–Crippen MR) is 72.6 cm³/mol. The van der Waals surface area contributed by atoms with Crippen LogP contribution in [0.3, 0.4) is 0 Å². The molecule has 4 heteroatoms. The zero-order valence-corrected chi connectivity index (χ0v) is 10.3. The van der Waals surface area contributed by atoms with Gasteiger partial charge in [-0.1, -0.05) is 42.5 Å². The topological polar surface area (TPSA) is 72.3 Å². The lowest BCUT2D eigenvalue weighted by atomic mass is 10.0. The first kappa shape index (κ1) is 12.5. The standard InChI is InChI=1S/C14H17N3O/c1-17(16)14(18)13(15)9-10-6-7-11-4-2-3-5-12(11)8-10/h2-8,13H,9,15-16H2,1H3. The van der Waals surface area contributed by atoms with Crippen LogP contribution in [-0.4, -0.2) is 24.0 Å². The van der Waals surface area contributed by atoms with E-state index in [1.54, 1.807) is 0 Å². The third-order valence-electron chi connectivity index (χ3n) is 2.93. The minimum Gasteiger partial charge on any atom is -0.320 e. The van der Waals surface area contributed by atoms with Gasteiger partial charge in [0.25, 0.3) is 5.91 Å². The number of amides is 1. The number of fused-ring (bicyclic) bond motifs is 1. The Morgan fingerprint density at radius 1 is 1.22 bits per heavy atom. The number of hydrazine groups is 1. The highest BCUT2D eigenvalue weighted by Gasteiger charge is 2.16. The van der Waals surface area contributed by atoms with E-state index in [0.717, 1.165) is 16.0 Å². The van der Waals surface area contributed by atoms with Crippen LogP contribution < -0.4 is 11.6 Å². The quantitative estimate of drug-likeness (QED) is 0.480. The third kappa shape index (κ3) is 2.67. The zero-order valence-electron chi connectivity index (χ0n) is 10.3. The van der Waals surface area contributed by atoms with Crippen LogP contribution in [0, 0.1) is 0 Å². The van der Waals surface area contributed by atoms with Crippen molar-refractivity contribution in [3.63, 3.8) is 0 Å². The van der Waals surface area contributed by atoms with Crippen molar-refractivity contribution < 1.29 is 4.79 Å². The minimum absolute atomic E-state index is 0.261. The van der Waals surface area contributed by atoms with Gasteiger partial charge in [-0.2, -0.15) is 0 Å². The van der Waals surface area contributed by atoms with Crippen molar-refractivity contribution in [2.24, 2.45) is 11.6 Å². The van der Waals surface area contributed by atoms with Gasteiger partial charge >= 0.3 is 0 Å². The van der Waals surface area contributed by atoms with Crippen LogP contribution in [-0.2, 0) is 11.2 Å². The molecule has 0 saturated heterocycles. The van der Waals surface area contributed by atoms with Gasteiger partial charge in [-0.3, -0.25) is 9.80 Å². The van der Waals surface area contributed by atoms with Crippen LogP contribution >= 0.6 is 0 Å². The molecular formula is C14H17N3O. The fraction of sp³-hybridized carbons (Fsp3) is 0.214. The zero-order chi connectivity index (χ0) is 13.1. The molecule has 0 radical (unpaired) electrons. The van der Waals surface area contributed by atoms with E-state index in [1.165, 1.54) is 12.4 Å². The number of hydrogen-bond acceptors (Lipinski definition) is 3. The van der Waals surface area contributed by atoms with E-state index in [2.05, 4.69) is 12.1 Å². The first-order valence-electron chi connectivity index (χ1n) is 5.83. The Morgan fingerprint density at radius 2 is 1.89 bits per heavy atom. The first-order chi connectivity index (χ1) is 8.58. The predicted octanol–water partition coefficient (Wildman–Crippen LogP) is 1.04. The molecule has 4 nitrogen and oxygen atoms in total. The van der Waals surface area contributed by atoms with Crippen LogP contribution in [0.4, 0.5) is 0 Å². The molecule has 94 valence electrons. The largest absolute Gasteiger partial charge is 0.320 e. The number of likely N-dealkylation sites (N-methyl/N-ethyl adjacent to an activating group) is 1. The smallest absolute Gasteiger partial charge is 0.253 e. The van der Waals surface area contributed by atoms with Crippen LogP contribution in [0.2, 0.25) is 0 Å². The maximum atomic E-state index is 11.6. The van der Waals surface area contributed by atoms with Crippen LogP contribution in [0.25, 0.3) is 10.8 Å². The first-order valence-corrected chi connectivity index (χ1v) is 5.83. The summed E-state index contributed by atoms with van der Waals surface area (Å²) in [5.74, 6) is 5.12. The normalized spacial score (nSPS) is 12.4. The van der Waals surface area contributed by atoms with Gasteiger partial charge in [-0.05, 0) is 22.8 Å². The van der Waals surface area contributed by atoms with Gasteiger partial charge in [-0.25, -0.2) is 5.84 Å². The lowest BCUT2D eigenvalue weighted by molar-refractivity contribution is -0.131. The molecule has 0 spiro atoms. The Morgan fingerprint density at radius 3 is 2.56 bits per heavy atom. The molecular weight excluding hydrogens is 226 g/mol. The summed E-state index contributed by atoms with van der Waals surface area (Å²) in [7, 11) is 1.50. The maximum absolute atomic E-state index is 11.6. The van der Waals surface area contributed by atoms with Gasteiger partial charge < -0.3 is 5.73 Å². The van der Waals surface area contributed by atoms with E-state index in [0.29, 0.717) is 6.42 Å². The number of hydrogen-bond donors (Lipinski definition) is 2. The molecule has 2 aromatic rings. The second kappa shape index (κ2) is 5.16. The second-order valence-electron chi connectivity index (χ2n) is 4.44. The number of carbonyl (C=O) groups is 1. The Bertz CT molecular complexity index is 566. The van der Waals surface area contributed by atoms with Crippen molar-refractivity contribution in [3.05, 3.63) is 48.0 Å². The molecule has 1 atom stereocenters. The Labute approximate surface area is 106 Å². The van der Waals surface area contributed by atoms with Crippen molar-refractivity contribution in [1.29, 1.82) is 0 Å². The fourth-order valence-corrected chi connectivity index (χ4v) is 1.97. The van der Waals surface area contributed by atoms with E-state index in [9.17, 15) is 4.79 Å². The van der Waals surface area contributed by atoms with Gasteiger partial charge in [0.2, 0.25) is 0 Å². The number of rotatable bonds is 3. The third-order valence-corrected chi connectivity index (χ3v) is 2.93. The molecule has 0 bridgehead atoms. The molecule has 18 heavy (non-hydrogen) atoms. The molecule has 0 saturated carbocycles. The summed E-state index contributed by atoms with van der Waals surface area (Å²) >= 11 is 0. The van der Waals surface area contributed by atoms with E-state index in [-0.39, 0.29) is 5.91 Å². The van der Waals surface area contributed by atoms with Crippen molar-refractivity contribution in [3.8, 4) is 0 Å². The maximum Gasteiger partial charge on any atom is 0.253 e. The summed E-state index contributed by atoms with van der Waals surface area (Å²) in [6.45, 7) is 0. The summed E-state index contributed by atoms with van der Waals surface area (Å²) in [4.78, 5) is 11.6. The van der Waals surface area contributed by atoms with Gasteiger partial charge in [0.05, 0.1) is 6.04 Å². The molecule has 0 fully saturated rings. The molecule has 0 heterocycles. The van der Waals surface area contributed by atoms with Gasteiger partial charge in [-0.15, -0.1) is 0 Å². The van der Waals surface area contributed by atoms with Crippen LogP contribution in [0.15, 0.2) is 42.5 Å². The van der Waals surface area contributed by atoms with Crippen molar-refractivity contribution >= 4 is 16.7 Å². The second-order valence-corrected chi connectivity index (χ2v) is 4.44. The molecule has 2 aromatic carbocycles. The monoisotopic (exact) mass is 243 g/mol. The summed E-state index contributed by atoms with van der Waals surface area (Å²) < 4.78 is 0. The number of nitrogens with two attached hydrogens (primary N) is 2. The van der Waals surface area contributed by atoms with Gasteiger partial charge in [0.15, 0.2) is 0 Å². The van der Waals surface area contributed by atoms with Crippen LogP contribution in [0.1, 0.15) is 5.56 Å². The van der Waals surface area contributed by atoms with E-state index < -0.39 is 6.04 Å². The summed E-state index contributed by atoms with van der Waals surface area (Å²) in [5, 5.41) is 3.36. The van der Waals surface area contributed by atoms with E-state index in [1.807, 2.05) is 30.3 Å². The molecule has 1 unspecified atom stereocenters. The lowest BCUT2D eigenvalue weighted by Gasteiger charge is -2.16. The van der Waals surface area contributed by atoms with Crippen LogP contribution in [0.5, 0.6) is 0 Å². The molecule has 2 rings (SSSR count). The SMILES string of the molecule is CN(N)C(=O)C(N)Cc1ccc2ccccc2c1. The van der Waals surface area contributed by atoms with Crippen molar-refractivity contribution in [2.45, 2.75) is 12.5 Å². The Balaban J connectivity index is 2.19. The van der Waals surface area contributed by atoms with Gasteiger partial charge in [0, 0.05) is 7.05 Å². The molecule has 4 N–H and O–H groups in total. The number of nitrogens with zero attached hydrogens (tertiary/aromatic N) is 1. The molecule has 0 aliphatic carbocycles. The highest BCUT2D eigenvalue weighted by molar-refractivity contribution is 5.84. The van der Waals surface area contributed by atoms with E-state index in [4.69, 9.17) is 11.6 Å². The Hall–Kier alpha value is -1.91. The summed E-state index contributed by atoms with van der Waals surface area (Å²) in [5.41, 5.74) is 6.86. The molecule has 0 aliphatic heterocycles. The number of benzene rings is 2. The molecule has 1 amide bonds. The lowest BCUT2D eigenvalue weighted by Crippen LogP contribution is -2.46. The van der Waals surface area contributed by atoms with Crippen molar-refractivity contribution in [2.75, 3.05) is 7.05 Å². The summed E-state index contributed by atoms with van der Waals surface area (Å²) in [6, 6.07) is 13.6. The van der Waals surface area contributed by atoms with Crippen molar-refractivity contribution in [1.82, 2.24) is 5.01 Å².